The van der Waals surface area contributed by atoms with Crippen molar-refractivity contribution in [2.75, 3.05) is 0 Å². The molecule has 0 saturated carbocycles. The van der Waals surface area contributed by atoms with Crippen LogP contribution in [0.3, 0.4) is 0 Å². The van der Waals surface area contributed by atoms with Gasteiger partial charge in [-0.15, -0.1) is 11.6 Å². The van der Waals surface area contributed by atoms with Gasteiger partial charge in [0.2, 0.25) is 0 Å². The maximum atomic E-state index is 6.04. The van der Waals surface area contributed by atoms with Crippen LogP contribution in [0.15, 0.2) is 24.3 Å². The van der Waals surface area contributed by atoms with Gasteiger partial charge in [0.15, 0.2) is 0 Å². The summed E-state index contributed by atoms with van der Waals surface area (Å²) < 4.78 is 0. The molecule has 0 radical (unpaired) electrons. The van der Waals surface area contributed by atoms with Crippen LogP contribution in [0, 0.1) is 13.8 Å². The summed E-state index contributed by atoms with van der Waals surface area (Å²) in [7, 11) is 0. The van der Waals surface area contributed by atoms with Gasteiger partial charge in [0, 0.05) is 5.88 Å². The summed E-state index contributed by atoms with van der Waals surface area (Å²) >= 11 is 6.04. The van der Waals surface area contributed by atoms with Crippen molar-refractivity contribution < 1.29 is 0 Å². The number of halogens is 1. The van der Waals surface area contributed by atoms with Crippen LogP contribution in [0.1, 0.15) is 42.0 Å². The minimum absolute atomic E-state index is 0.530. The van der Waals surface area contributed by atoms with Gasteiger partial charge in [-0.3, -0.25) is 0 Å². The summed E-state index contributed by atoms with van der Waals surface area (Å²) in [5.41, 5.74) is 5.30. The lowest BCUT2D eigenvalue weighted by molar-refractivity contribution is 0.873. The number of alkyl halides is 1. The highest BCUT2D eigenvalue weighted by Crippen LogP contribution is 2.31. The van der Waals surface area contributed by atoms with Crippen molar-refractivity contribution in [2.45, 2.75) is 39.5 Å². The molecule has 0 saturated heterocycles. The highest BCUT2D eigenvalue weighted by molar-refractivity contribution is 6.17. The normalized spacial score (nSPS) is 11.4. The van der Waals surface area contributed by atoms with Crippen molar-refractivity contribution in [3.63, 3.8) is 0 Å². The summed E-state index contributed by atoms with van der Waals surface area (Å²) in [6.07, 6.45) is 0. The van der Waals surface area contributed by atoms with Crippen molar-refractivity contribution >= 4 is 22.4 Å². The molecule has 0 unspecified atom stereocenters. The second-order valence-corrected chi connectivity index (χ2v) is 5.35. The second kappa shape index (κ2) is 4.70. The van der Waals surface area contributed by atoms with E-state index in [1.54, 1.807) is 0 Å². The Bertz CT molecular complexity index is 553. The Labute approximate surface area is 109 Å². The van der Waals surface area contributed by atoms with Crippen molar-refractivity contribution in [1.82, 2.24) is 0 Å². The molecule has 2 aromatic rings. The van der Waals surface area contributed by atoms with Gasteiger partial charge in [0.1, 0.15) is 0 Å². The fourth-order valence-corrected chi connectivity index (χ4v) is 2.66. The zero-order valence-corrected chi connectivity index (χ0v) is 11.7. The fourth-order valence-electron chi connectivity index (χ4n) is 2.39. The maximum absolute atomic E-state index is 6.04. The van der Waals surface area contributed by atoms with Gasteiger partial charge in [0.25, 0.3) is 0 Å². The average Bonchev–Trinajstić information content (AvgIpc) is 2.29. The molecule has 0 aliphatic carbocycles. The van der Waals surface area contributed by atoms with Crippen molar-refractivity contribution in [2.24, 2.45) is 0 Å². The lowest BCUT2D eigenvalue weighted by Gasteiger charge is -2.16. The van der Waals surface area contributed by atoms with Crippen molar-refractivity contribution in [3.05, 3.63) is 46.5 Å². The largest absolute Gasteiger partial charge is 0.122 e. The van der Waals surface area contributed by atoms with E-state index in [2.05, 4.69) is 52.0 Å². The summed E-state index contributed by atoms with van der Waals surface area (Å²) in [5.74, 6) is 1.12. The van der Waals surface area contributed by atoms with Crippen LogP contribution in [0.25, 0.3) is 10.8 Å². The van der Waals surface area contributed by atoms with E-state index >= 15 is 0 Å². The standard InChI is InChI=1S/C16H19Cl/c1-10(2)15-8-13(9-17)12(4)14-6-5-11(3)7-16(14)15/h5-8,10H,9H2,1-4H3. The monoisotopic (exact) mass is 246 g/mol. The molecule has 0 spiro atoms. The van der Waals surface area contributed by atoms with Gasteiger partial charge < -0.3 is 0 Å². The quantitative estimate of drug-likeness (QED) is 0.629. The zero-order chi connectivity index (χ0) is 12.6. The first-order valence-electron chi connectivity index (χ1n) is 6.13. The Hall–Kier alpha value is -1.01. The zero-order valence-electron chi connectivity index (χ0n) is 11.0. The minimum Gasteiger partial charge on any atom is -0.122 e. The van der Waals surface area contributed by atoms with Crippen LogP contribution < -0.4 is 0 Å². The van der Waals surface area contributed by atoms with Crippen LogP contribution in [-0.4, -0.2) is 0 Å². The minimum atomic E-state index is 0.530. The lowest BCUT2D eigenvalue weighted by Crippen LogP contribution is -1.96. The van der Waals surface area contributed by atoms with E-state index in [9.17, 15) is 0 Å². The Morgan fingerprint density at radius 1 is 1.06 bits per heavy atom. The van der Waals surface area contributed by atoms with Gasteiger partial charge in [-0.1, -0.05) is 43.7 Å². The van der Waals surface area contributed by atoms with E-state index in [-0.39, 0.29) is 0 Å². The van der Waals surface area contributed by atoms with Crippen LogP contribution in [0.2, 0.25) is 0 Å². The predicted molar refractivity (Wildman–Crippen MR) is 77.1 cm³/mol. The molecule has 0 fully saturated rings. The number of aryl methyl sites for hydroxylation is 2. The summed E-state index contributed by atoms with van der Waals surface area (Å²) in [4.78, 5) is 0. The predicted octanol–water partition coefficient (Wildman–Crippen LogP) is 5.32. The highest BCUT2D eigenvalue weighted by atomic mass is 35.5. The van der Waals surface area contributed by atoms with E-state index in [0.717, 1.165) is 0 Å². The Morgan fingerprint density at radius 2 is 1.76 bits per heavy atom. The lowest BCUT2D eigenvalue weighted by atomic mass is 9.90. The third-order valence-corrected chi connectivity index (χ3v) is 3.76. The molecular formula is C16H19Cl. The van der Waals surface area contributed by atoms with E-state index in [4.69, 9.17) is 11.6 Å². The summed E-state index contributed by atoms with van der Waals surface area (Å²) in [6.45, 7) is 8.79. The molecule has 0 N–H and O–H groups in total. The SMILES string of the molecule is Cc1ccc2c(C)c(CCl)cc(C(C)C)c2c1. The molecular weight excluding hydrogens is 228 g/mol. The second-order valence-electron chi connectivity index (χ2n) is 5.09. The molecule has 0 amide bonds. The van der Waals surface area contributed by atoms with Crippen LogP contribution in [0.5, 0.6) is 0 Å². The van der Waals surface area contributed by atoms with Crippen LogP contribution in [-0.2, 0) is 5.88 Å². The molecule has 0 bridgehead atoms. The maximum Gasteiger partial charge on any atom is 0.0477 e. The van der Waals surface area contributed by atoms with Gasteiger partial charge in [0.05, 0.1) is 0 Å². The molecule has 0 aliphatic rings. The van der Waals surface area contributed by atoms with E-state index in [1.807, 2.05) is 0 Å². The van der Waals surface area contributed by atoms with Gasteiger partial charge >= 0.3 is 0 Å². The Morgan fingerprint density at radius 3 is 2.35 bits per heavy atom. The first kappa shape index (κ1) is 12.4. The number of hydrogen-bond acceptors (Lipinski definition) is 0. The molecule has 0 aliphatic heterocycles. The first-order valence-corrected chi connectivity index (χ1v) is 6.66. The summed E-state index contributed by atoms with van der Waals surface area (Å²) in [5, 5.41) is 2.73. The molecule has 1 heteroatoms. The van der Waals surface area contributed by atoms with E-state index in [1.165, 1.54) is 33.0 Å². The number of hydrogen-bond donors (Lipinski definition) is 0. The highest BCUT2D eigenvalue weighted by Gasteiger charge is 2.11. The van der Waals surface area contributed by atoms with Gasteiger partial charge in [-0.2, -0.15) is 0 Å². The number of rotatable bonds is 2. The van der Waals surface area contributed by atoms with Crippen LogP contribution >= 0.6 is 11.6 Å². The molecule has 90 valence electrons. The molecule has 0 aromatic heterocycles. The molecule has 2 aromatic carbocycles. The van der Waals surface area contributed by atoms with Crippen molar-refractivity contribution in [1.29, 1.82) is 0 Å². The van der Waals surface area contributed by atoms with Crippen LogP contribution in [0.4, 0.5) is 0 Å². The molecule has 2 rings (SSSR count). The van der Waals surface area contributed by atoms with Crippen molar-refractivity contribution in [3.8, 4) is 0 Å². The number of benzene rings is 2. The molecule has 0 atom stereocenters. The molecule has 17 heavy (non-hydrogen) atoms. The average molecular weight is 247 g/mol. The third-order valence-electron chi connectivity index (χ3n) is 3.47. The van der Waals surface area contributed by atoms with E-state index < -0.39 is 0 Å². The smallest absolute Gasteiger partial charge is 0.0477 e. The van der Waals surface area contributed by atoms with Gasteiger partial charge in [-0.25, -0.2) is 0 Å². The number of fused-ring (bicyclic) bond motifs is 1. The first-order chi connectivity index (χ1) is 8.04. The summed E-state index contributed by atoms with van der Waals surface area (Å²) in [6, 6.07) is 8.96. The third kappa shape index (κ3) is 2.19. The topological polar surface area (TPSA) is 0 Å². The molecule has 0 nitrogen and oxygen atoms in total. The van der Waals surface area contributed by atoms with Gasteiger partial charge in [-0.05, 0) is 47.2 Å². The molecule has 0 heterocycles. The van der Waals surface area contributed by atoms with E-state index in [0.29, 0.717) is 11.8 Å². The Balaban J connectivity index is 2.87. The Kier molecular flexibility index (Phi) is 3.44. The fraction of sp³-hybridized carbons (Fsp3) is 0.375.